The number of fused-ring (bicyclic) bond motifs is 1. The van der Waals surface area contributed by atoms with Crippen LogP contribution in [0.2, 0.25) is 10.0 Å². The smallest absolute Gasteiger partial charge is 0.340 e. The molecule has 0 radical (unpaired) electrons. The van der Waals surface area contributed by atoms with Gasteiger partial charge < -0.3 is 14.8 Å². The van der Waals surface area contributed by atoms with Crippen molar-refractivity contribution in [3.63, 3.8) is 0 Å². The van der Waals surface area contributed by atoms with Crippen molar-refractivity contribution in [3.8, 4) is 5.75 Å². The van der Waals surface area contributed by atoms with Crippen molar-refractivity contribution >= 4 is 52.6 Å². The van der Waals surface area contributed by atoms with Gasteiger partial charge in [0.15, 0.2) is 0 Å². The van der Waals surface area contributed by atoms with E-state index in [2.05, 4.69) is 5.32 Å². The van der Waals surface area contributed by atoms with Crippen LogP contribution >= 0.6 is 23.2 Å². The minimum absolute atomic E-state index is 0.0566. The van der Waals surface area contributed by atoms with Crippen LogP contribution in [0.4, 0.5) is 5.69 Å². The fourth-order valence-electron chi connectivity index (χ4n) is 2.80. The van der Waals surface area contributed by atoms with Gasteiger partial charge in [0.2, 0.25) is 5.91 Å². The second-order valence-electron chi connectivity index (χ2n) is 5.96. The molecule has 2 aromatic rings. The highest BCUT2D eigenvalue weighted by atomic mass is 35.5. The number of nitrogens with one attached hydrogen (secondary N) is 1. The summed E-state index contributed by atoms with van der Waals surface area (Å²) in [5.74, 6) is -2.32. The van der Waals surface area contributed by atoms with Crippen molar-refractivity contribution < 1.29 is 28.7 Å². The molecule has 0 atom stereocenters. The average Bonchev–Trinajstić information content (AvgIpc) is 2.92. The zero-order valence-electron chi connectivity index (χ0n) is 15.2. The molecule has 10 heteroatoms. The predicted octanol–water partition coefficient (Wildman–Crippen LogP) is 3.02. The molecule has 1 aliphatic rings. The first-order valence-corrected chi connectivity index (χ1v) is 8.93. The summed E-state index contributed by atoms with van der Waals surface area (Å²) in [5.41, 5.74) is 0.334. The molecule has 0 saturated carbocycles. The highest BCUT2D eigenvalue weighted by Crippen LogP contribution is 2.31. The van der Waals surface area contributed by atoms with Crippen LogP contribution in [0.25, 0.3) is 0 Å². The standard InChI is InChI=1S/C19H14Cl2N2O6/c1-28-9-3-4-15(12(5-9)19(27)29-2)22-16(24)8-23-17(25)10-6-13(20)14(21)7-11(10)18(23)26/h3-7H,8H2,1-2H3,(H,22,24). The van der Waals surface area contributed by atoms with Crippen LogP contribution in [0.5, 0.6) is 5.75 Å². The second kappa shape index (κ2) is 8.10. The summed E-state index contributed by atoms with van der Waals surface area (Å²) in [6.45, 7) is -0.561. The molecule has 0 fully saturated rings. The van der Waals surface area contributed by atoms with Gasteiger partial charge in [-0.3, -0.25) is 19.3 Å². The lowest BCUT2D eigenvalue weighted by molar-refractivity contribution is -0.116. The third-order valence-electron chi connectivity index (χ3n) is 4.22. The number of carbonyl (C=O) groups is 4. The Hall–Kier alpha value is -3.10. The molecular weight excluding hydrogens is 423 g/mol. The first-order chi connectivity index (χ1) is 13.8. The number of amides is 3. The number of hydrogen-bond donors (Lipinski definition) is 1. The third kappa shape index (κ3) is 3.90. The lowest BCUT2D eigenvalue weighted by Crippen LogP contribution is -2.37. The van der Waals surface area contributed by atoms with Crippen LogP contribution in [0.1, 0.15) is 31.1 Å². The number of anilines is 1. The summed E-state index contributed by atoms with van der Waals surface area (Å²) in [5, 5.41) is 2.75. The van der Waals surface area contributed by atoms with E-state index >= 15 is 0 Å². The molecule has 0 saturated heterocycles. The fourth-order valence-corrected chi connectivity index (χ4v) is 3.13. The van der Waals surface area contributed by atoms with E-state index in [1.165, 1.54) is 44.6 Å². The van der Waals surface area contributed by atoms with Gasteiger partial charge in [0.1, 0.15) is 12.3 Å². The molecule has 1 N–H and O–H groups in total. The Labute approximate surface area is 175 Å². The molecule has 1 aliphatic heterocycles. The second-order valence-corrected chi connectivity index (χ2v) is 6.77. The van der Waals surface area contributed by atoms with E-state index in [-0.39, 0.29) is 32.4 Å². The summed E-state index contributed by atoms with van der Waals surface area (Å²) in [6, 6.07) is 6.96. The number of hydrogen-bond acceptors (Lipinski definition) is 6. The van der Waals surface area contributed by atoms with Crippen LogP contribution in [0.3, 0.4) is 0 Å². The number of nitrogens with zero attached hydrogens (tertiary/aromatic N) is 1. The van der Waals surface area contributed by atoms with E-state index in [9.17, 15) is 19.2 Å². The van der Waals surface area contributed by atoms with E-state index in [4.69, 9.17) is 32.7 Å². The zero-order valence-corrected chi connectivity index (χ0v) is 16.8. The monoisotopic (exact) mass is 436 g/mol. The predicted molar refractivity (Wildman–Crippen MR) is 105 cm³/mol. The highest BCUT2D eigenvalue weighted by molar-refractivity contribution is 6.43. The summed E-state index contributed by atoms with van der Waals surface area (Å²) in [4.78, 5) is 50.2. The largest absolute Gasteiger partial charge is 0.497 e. The molecule has 29 heavy (non-hydrogen) atoms. The summed E-state index contributed by atoms with van der Waals surface area (Å²) >= 11 is 11.8. The van der Waals surface area contributed by atoms with Gasteiger partial charge in [0, 0.05) is 0 Å². The molecule has 2 aromatic carbocycles. The van der Waals surface area contributed by atoms with E-state index in [1.807, 2.05) is 0 Å². The van der Waals surface area contributed by atoms with E-state index in [0.717, 1.165) is 4.90 Å². The first-order valence-electron chi connectivity index (χ1n) is 8.18. The minimum Gasteiger partial charge on any atom is -0.497 e. The zero-order chi connectivity index (χ0) is 21.3. The first kappa shape index (κ1) is 20.6. The molecule has 0 spiro atoms. The molecule has 0 aromatic heterocycles. The number of imide groups is 1. The molecule has 1 heterocycles. The van der Waals surface area contributed by atoms with Gasteiger partial charge in [-0.15, -0.1) is 0 Å². The molecule has 150 valence electrons. The molecule has 0 aliphatic carbocycles. The van der Waals surface area contributed by atoms with Gasteiger partial charge >= 0.3 is 5.97 Å². The molecule has 3 rings (SSSR count). The van der Waals surface area contributed by atoms with Gasteiger partial charge in [-0.1, -0.05) is 23.2 Å². The number of esters is 1. The van der Waals surface area contributed by atoms with Crippen LogP contribution in [0.15, 0.2) is 30.3 Å². The van der Waals surface area contributed by atoms with Crippen LogP contribution in [-0.4, -0.2) is 49.4 Å². The maximum atomic E-state index is 12.5. The SMILES string of the molecule is COC(=O)c1cc(OC)ccc1NC(=O)CN1C(=O)c2cc(Cl)c(Cl)cc2C1=O. The molecule has 3 amide bonds. The topological polar surface area (TPSA) is 102 Å². The average molecular weight is 437 g/mol. The number of benzene rings is 2. The lowest BCUT2D eigenvalue weighted by Gasteiger charge is -2.15. The maximum absolute atomic E-state index is 12.5. The lowest BCUT2D eigenvalue weighted by atomic mass is 10.1. The quantitative estimate of drug-likeness (QED) is 0.570. The Morgan fingerprint density at radius 3 is 2.10 bits per heavy atom. The minimum atomic E-state index is -0.691. The number of carbonyl (C=O) groups excluding carboxylic acids is 4. The highest BCUT2D eigenvalue weighted by Gasteiger charge is 2.37. The van der Waals surface area contributed by atoms with Crippen molar-refractivity contribution in [2.24, 2.45) is 0 Å². The molecule has 8 nitrogen and oxygen atoms in total. The number of ether oxygens (including phenoxy) is 2. The Bertz CT molecular complexity index is 1010. The third-order valence-corrected chi connectivity index (χ3v) is 4.94. The molecular formula is C19H14Cl2N2O6. The van der Waals surface area contributed by atoms with Gasteiger partial charge in [0.05, 0.1) is 46.6 Å². The number of halogens is 2. The van der Waals surface area contributed by atoms with Gasteiger partial charge in [-0.25, -0.2) is 4.79 Å². The van der Waals surface area contributed by atoms with E-state index in [1.54, 1.807) is 0 Å². The van der Waals surface area contributed by atoms with Crippen molar-refractivity contribution in [2.45, 2.75) is 0 Å². The fraction of sp³-hybridized carbons (Fsp3) is 0.158. The van der Waals surface area contributed by atoms with Crippen molar-refractivity contribution in [1.82, 2.24) is 4.90 Å². The van der Waals surface area contributed by atoms with E-state index < -0.39 is 30.2 Å². The summed E-state index contributed by atoms with van der Waals surface area (Å²) in [6.07, 6.45) is 0. The van der Waals surface area contributed by atoms with Crippen molar-refractivity contribution in [2.75, 3.05) is 26.1 Å². The van der Waals surface area contributed by atoms with Crippen LogP contribution in [-0.2, 0) is 9.53 Å². The summed E-state index contributed by atoms with van der Waals surface area (Å²) < 4.78 is 9.76. The van der Waals surface area contributed by atoms with Gasteiger partial charge in [-0.05, 0) is 30.3 Å². The molecule has 0 unspecified atom stereocenters. The molecule has 0 bridgehead atoms. The Morgan fingerprint density at radius 1 is 1.00 bits per heavy atom. The van der Waals surface area contributed by atoms with Crippen LogP contribution in [0, 0.1) is 0 Å². The van der Waals surface area contributed by atoms with Gasteiger partial charge in [-0.2, -0.15) is 0 Å². The maximum Gasteiger partial charge on any atom is 0.340 e. The Morgan fingerprint density at radius 2 is 1.59 bits per heavy atom. The number of methoxy groups -OCH3 is 2. The Balaban J connectivity index is 1.81. The van der Waals surface area contributed by atoms with E-state index in [0.29, 0.717) is 5.75 Å². The van der Waals surface area contributed by atoms with Crippen molar-refractivity contribution in [3.05, 3.63) is 57.1 Å². The Kier molecular flexibility index (Phi) is 5.76. The van der Waals surface area contributed by atoms with Gasteiger partial charge in [0.25, 0.3) is 11.8 Å². The normalized spacial score (nSPS) is 12.6. The number of rotatable bonds is 5. The van der Waals surface area contributed by atoms with Crippen molar-refractivity contribution in [1.29, 1.82) is 0 Å². The summed E-state index contributed by atoms with van der Waals surface area (Å²) in [7, 11) is 2.62. The van der Waals surface area contributed by atoms with Crippen LogP contribution < -0.4 is 10.1 Å².